The molecule has 0 unspecified atom stereocenters. The fraction of sp³-hybridized carbons (Fsp3) is 0.350. The number of rotatable bonds is 7. The Labute approximate surface area is 140 Å². The second kappa shape index (κ2) is 7.93. The molecule has 0 fully saturated rings. The van der Waals surface area contributed by atoms with Crippen molar-refractivity contribution >= 4 is 17.8 Å². The van der Waals surface area contributed by atoms with Gasteiger partial charge in [-0.25, -0.2) is 0 Å². The molecule has 0 radical (unpaired) electrons. The predicted octanol–water partition coefficient (Wildman–Crippen LogP) is 3.78. The van der Waals surface area contributed by atoms with Gasteiger partial charge in [0.2, 0.25) is 0 Å². The molecule has 1 aromatic heterocycles. The summed E-state index contributed by atoms with van der Waals surface area (Å²) in [5.41, 5.74) is 3.44. The van der Waals surface area contributed by atoms with Crippen molar-refractivity contribution in [1.29, 1.82) is 0 Å². The third kappa shape index (κ3) is 6.25. The Bertz CT molecular complexity index is 610. The summed E-state index contributed by atoms with van der Waals surface area (Å²) in [5, 5.41) is 0. The Kier molecular flexibility index (Phi) is 5.94. The Balaban J connectivity index is 1.90. The van der Waals surface area contributed by atoms with Crippen LogP contribution >= 0.6 is 0 Å². The van der Waals surface area contributed by atoms with Gasteiger partial charge in [-0.05, 0) is 35.9 Å². The summed E-state index contributed by atoms with van der Waals surface area (Å²) in [7, 11) is 8.88. The maximum Gasteiger partial charge on any atom is 0.0797 e. The molecule has 0 bridgehead atoms. The Morgan fingerprint density at radius 3 is 2.35 bits per heavy atom. The highest BCUT2D eigenvalue weighted by molar-refractivity contribution is 5.69. The second-order valence-electron chi connectivity index (χ2n) is 6.97. The average Bonchev–Trinajstić information content (AvgIpc) is 2.53. The van der Waals surface area contributed by atoms with E-state index in [9.17, 15) is 0 Å². The van der Waals surface area contributed by atoms with E-state index in [1.165, 1.54) is 24.2 Å². The van der Waals surface area contributed by atoms with Crippen molar-refractivity contribution in [2.45, 2.75) is 6.42 Å². The monoisotopic (exact) mass is 310 g/mol. The van der Waals surface area contributed by atoms with Crippen LogP contribution in [-0.4, -0.2) is 50.7 Å². The largest absolute Gasteiger partial charge is 0.374 e. The van der Waals surface area contributed by atoms with E-state index in [2.05, 4.69) is 68.4 Å². The van der Waals surface area contributed by atoms with Gasteiger partial charge in [0.1, 0.15) is 0 Å². The standard InChI is InChI=1S/C20H28N3/c1-22(16-7-17-23(2,3)4)20-13-10-18(11-14-20)9-12-19-8-5-6-15-21-19/h5-6,8-15H,7,16-17H2,1-4H3/q+1/b12-9+. The molecule has 3 nitrogen and oxygen atoms in total. The van der Waals surface area contributed by atoms with Crippen LogP contribution in [-0.2, 0) is 0 Å². The average molecular weight is 310 g/mol. The summed E-state index contributed by atoms with van der Waals surface area (Å²) in [6.45, 7) is 2.27. The van der Waals surface area contributed by atoms with Gasteiger partial charge < -0.3 is 9.38 Å². The molecule has 0 saturated heterocycles. The first-order chi connectivity index (χ1) is 10.9. The van der Waals surface area contributed by atoms with Gasteiger partial charge in [0.25, 0.3) is 0 Å². The minimum atomic E-state index is 0.981. The number of hydrogen-bond donors (Lipinski definition) is 0. The van der Waals surface area contributed by atoms with Crippen molar-refractivity contribution in [2.75, 3.05) is 46.2 Å². The Morgan fingerprint density at radius 2 is 1.74 bits per heavy atom. The van der Waals surface area contributed by atoms with Gasteiger partial charge in [-0.1, -0.05) is 24.3 Å². The molecular weight excluding hydrogens is 282 g/mol. The van der Waals surface area contributed by atoms with Gasteiger partial charge in [-0.15, -0.1) is 0 Å². The van der Waals surface area contributed by atoms with Crippen LogP contribution in [0.4, 0.5) is 5.69 Å². The molecule has 1 aromatic carbocycles. The molecule has 3 heteroatoms. The van der Waals surface area contributed by atoms with Crippen LogP contribution in [0.15, 0.2) is 48.7 Å². The van der Waals surface area contributed by atoms with Gasteiger partial charge in [0.05, 0.1) is 33.4 Å². The molecule has 1 heterocycles. The van der Waals surface area contributed by atoms with Crippen LogP contribution in [0.25, 0.3) is 12.2 Å². The van der Waals surface area contributed by atoms with Crippen molar-refractivity contribution in [3.05, 3.63) is 59.9 Å². The summed E-state index contributed by atoms with van der Waals surface area (Å²) in [6, 6.07) is 14.6. The van der Waals surface area contributed by atoms with E-state index in [1.54, 1.807) is 0 Å². The zero-order valence-corrected chi connectivity index (χ0v) is 14.7. The van der Waals surface area contributed by atoms with Crippen molar-refractivity contribution in [1.82, 2.24) is 4.98 Å². The van der Waals surface area contributed by atoms with Gasteiger partial charge >= 0.3 is 0 Å². The lowest BCUT2D eigenvalue weighted by molar-refractivity contribution is -0.870. The number of quaternary nitrogens is 1. The van der Waals surface area contributed by atoms with Crippen LogP contribution in [0.1, 0.15) is 17.7 Å². The fourth-order valence-corrected chi connectivity index (χ4v) is 2.41. The zero-order valence-electron chi connectivity index (χ0n) is 14.7. The van der Waals surface area contributed by atoms with Crippen molar-refractivity contribution in [3.63, 3.8) is 0 Å². The summed E-state index contributed by atoms with van der Waals surface area (Å²) in [6.07, 6.45) is 7.15. The first-order valence-corrected chi connectivity index (χ1v) is 8.15. The van der Waals surface area contributed by atoms with Gasteiger partial charge in [0.15, 0.2) is 0 Å². The minimum Gasteiger partial charge on any atom is -0.374 e. The molecule has 0 atom stereocenters. The second-order valence-corrected chi connectivity index (χ2v) is 6.97. The maximum absolute atomic E-state index is 4.30. The summed E-state index contributed by atoms with van der Waals surface area (Å²) in [4.78, 5) is 6.62. The van der Waals surface area contributed by atoms with Crippen molar-refractivity contribution in [2.24, 2.45) is 0 Å². The highest BCUT2D eigenvalue weighted by atomic mass is 15.3. The molecule has 0 aliphatic carbocycles. The quantitative estimate of drug-likeness (QED) is 0.723. The van der Waals surface area contributed by atoms with E-state index in [0.29, 0.717) is 0 Å². The number of pyridine rings is 1. The van der Waals surface area contributed by atoms with Crippen molar-refractivity contribution < 1.29 is 4.48 Å². The summed E-state index contributed by atoms with van der Waals surface area (Å²) in [5.74, 6) is 0. The van der Waals surface area contributed by atoms with E-state index in [4.69, 9.17) is 0 Å². The normalized spacial score (nSPS) is 11.8. The van der Waals surface area contributed by atoms with Gasteiger partial charge in [0, 0.05) is 31.9 Å². The number of aromatic nitrogens is 1. The molecule has 0 aliphatic heterocycles. The molecule has 0 aliphatic rings. The lowest BCUT2D eigenvalue weighted by Crippen LogP contribution is -2.37. The van der Waals surface area contributed by atoms with Crippen molar-refractivity contribution in [3.8, 4) is 0 Å². The van der Waals surface area contributed by atoms with E-state index in [1.807, 2.05) is 30.5 Å². The number of hydrogen-bond acceptors (Lipinski definition) is 2. The Hall–Kier alpha value is -2.13. The molecule has 0 N–H and O–H groups in total. The van der Waals surface area contributed by atoms with Gasteiger partial charge in [-0.3, -0.25) is 4.98 Å². The highest BCUT2D eigenvalue weighted by Gasteiger charge is 2.07. The highest BCUT2D eigenvalue weighted by Crippen LogP contribution is 2.16. The summed E-state index contributed by atoms with van der Waals surface area (Å²) < 4.78 is 1.02. The fourth-order valence-electron chi connectivity index (χ4n) is 2.41. The predicted molar refractivity (Wildman–Crippen MR) is 100 cm³/mol. The lowest BCUT2D eigenvalue weighted by Gasteiger charge is -2.26. The van der Waals surface area contributed by atoms with Crippen LogP contribution in [0.5, 0.6) is 0 Å². The molecule has 2 rings (SSSR count). The minimum absolute atomic E-state index is 0.981. The molecule has 122 valence electrons. The smallest absolute Gasteiger partial charge is 0.0797 e. The van der Waals surface area contributed by atoms with E-state index in [0.717, 1.165) is 16.7 Å². The first kappa shape index (κ1) is 17.2. The number of anilines is 1. The summed E-state index contributed by atoms with van der Waals surface area (Å²) >= 11 is 0. The molecule has 0 amide bonds. The van der Waals surface area contributed by atoms with E-state index >= 15 is 0 Å². The molecule has 2 aromatic rings. The topological polar surface area (TPSA) is 16.1 Å². The van der Waals surface area contributed by atoms with E-state index < -0.39 is 0 Å². The molecule has 0 saturated carbocycles. The molecule has 23 heavy (non-hydrogen) atoms. The van der Waals surface area contributed by atoms with Gasteiger partial charge in [-0.2, -0.15) is 0 Å². The third-order valence-electron chi connectivity index (χ3n) is 3.79. The Morgan fingerprint density at radius 1 is 1.00 bits per heavy atom. The van der Waals surface area contributed by atoms with Crippen LogP contribution in [0.2, 0.25) is 0 Å². The maximum atomic E-state index is 4.30. The number of benzene rings is 1. The lowest BCUT2D eigenvalue weighted by atomic mass is 10.1. The SMILES string of the molecule is CN(CCC[N+](C)(C)C)c1ccc(/C=C/c2ccccn2)cc1. The van der Waals surface area contributed by atoms with Crippen LogP contribution in [0, 0.1) is 0 Å². The molecular formula is C20H28N3+. The molecule has 0 spiro atoms. The van der Waals surface area contributed by atoms with Crippen LogP contribution in [0.3, 0.4) is 0 Å². The third-order valence-corrected chi connectivity index (χ3v) is 3.79. The first-order valence-electron chi connectivity index (χ1n) is 8.15. The van der Waals surface area contributed by atoms with E-state index in [-0.39, 0.29) is 0 Å². The zero-order chi connectivity index (χ0) is 16.7. The number of nitrogens with zero attached hydrogens (tertiary/aromatic N) is 3. The van der Waals surface area contributed by atoms with Crippen LogP contribution < -0.4 is 4.90 Å².